The Balaban J connectivity index is 1.22. The predicted molar refractivity (Wildman–Crippen MR) is 134 cm³/mol. The van der Waals surface area contributed by atoms with Crippen molar-refractivity contribution in [2.75, 3.05) is 7.11 Å². The molecule has 0 aliphatic heterocycles. The third-order valence-electron chi connectivity index (χ3n) is 8.41. The summed E-state index contributed by atoms with van der Waals surface area (Å²) in [4.78, 5) is 0. The highest BCUT2D eigenvalue weighted by atomic mass is 19.1. The summed E-state index contributed by atoms with van der Waals surface area (Å²) in [6.07, 6.45) is 21.2. The van der Waals surface area contributed by atoms with Crippen molar-refractivity contribution in [1.29, 1.82) is 0 Å². The summed E-state index contributed by atoms with van der Waals surface area (Å²) in [6.45, 7) is 2.13. The molecule has 32 heavy (non-hydrogen) atoms. The zero-order valence-corrected chi connectivity index (χ0v) is 20.1. The van der Waals surface area contributed by atoms with Gasteiger partial charge in [-0.3, -0.25) is 0 Å². The lowest BCUT2D eigenvalue weighted by atomic mass is 9.74. The Bertz CT molecular complexity index is 885. The number of methoxy groups -OCH3 is 1. The second kappa shape index (κ2) is 11.3. The van der Waals surface area contributed by atoms with Crippen LogP contribution >= 0.6 is 0 Å². The first-order valence-electron chi connectivity index (χ1n) is 13.0. The molecule has 0 heterocycles. The minimum atomic E-state index is -0.243. The van der Waals surface area contributed by atoms with E-state index in [1.54, 1.807) is 6.07 Å². The Morgan fingerprint density at radius 3 is 2.09 bits per heavy atom. The van der Waals surface area contributed by atoms with E-state index >= 15 is 0 Å². The van der Waals surface area contributed by atoms with Gasteiger partial charge in [-0.2, -0.15) is 0 Å². The van der Waals surface area contributed by atoms with E-state index in [4.69, 9.17) is 4.74 Å². The van der Waals surface area contributed by atoms with Crippen molar-refractivity contribution in [3.05, 3.63) is 53.9 Å². The molecular weight excluding hydrogens is 395 g/mol. The van der Waals surface area contributed by atoms with Crippen LogP contribution in [0.2, 0.25) is 0 Å². The van der Waals surface area contributed by atoms with E-state index in [2.05, 4.69) is 31.2 Å². The van der Waals surface area contributed by atoms with Gasteiger partial charge in [0.2, 0.25) is 0 Å². The summed E-state index contributed by atoms with van der Waals surface area (Å²) >= 11 is 0. The van der Waals surface area contributed by atoms with Gasteiger partial charge in [0, 0.05) is 5.39 Å². The maximum atomic E-state index is 14.5. The molecule has 2 aromatic carbocycles. The molecule has 1 nitrogen and oxygen atoms in total. The van der Waals surface area contributed by atoms with Gasteiger partial charge in [0.05, 0.1) is 7.11 Å². The average Bonchev–Trinajstić information content (AvgIpc) is 2.84. The van der Waals surface area contributed by atoms with E-state index in [0.717, 1.165) is 23.1 Å². The van der Waals surface area contributed by atoms with Crippen molar-refractivity contribution in [3.63, 3.8) is 0 Å². The van der Waals surface area contributed by atoms with Crippen molar-refractivity contribution >= 4 is 10.8 Å². The van der Waals surface area contributed by atoms with E-state index in [1.807, 2.05) is 12.1 Å². The first kappa shape index (κ1) is 23.3. The molecule has 0 atom stereocenters. The molecule has 4 rings (SSSR count). The number of benzene rings is 2. The molecule has 0 N–H and O–H groups in total. The normalized spacial score (nSPS) is 26.6. The van der Waals surface area contributed by atoms with Crippen LogP contribution in [0.5, 0.6) is 5.75 Å². The SMILES string of the molecule is C/C=C/CCC1CCC(CCC2CCC(c3ccc4c(F)c(OC)ccc4c3)CC2)CC1. The van der Waals surface area contributed by atoms with Crippen molar-refractivity contribution in [2.45, 2.75) is 89.9 Å². The zero-order valence-electron chi connectivity index (χ0n) is 20.1. The number of fused-ring (bicyclic) bond motifs is 1. The number of rotatable bonds is 8. The van der Waals surface area contributed by atoms with Gasteiger partial charge in [0.1, 0.15) is 0 Å². The van der Waals surface area contributed by atoms with Gasteiger partial charge < -0.3 is 4.74 Å². The monoisotopic (exact) mass is 436 g/mol. The lowest BCUT2D eigenvalue weighted by Crippen LogP contribution is -2.17. The van der Waals surface area contributed by atoms with Gasteiger partial charge in [0.25, 0.3) is 0 Å². The van der Waals surface area contributed by atoms with Crippen LogP contribution in [0.15, 0.2) is 42.5 Å². The molecule has 0 spiro atoms. The lowest BCUT2D eigenvalue weighted by Gasteiger charge is -2.32. The number of ether oxygens (including phenoxy) is 1. The summed E-state index contributed by atoms with van der Waals surface area (Å²) < 4.78 is 19.6. The summed E-state index contributed by atoms with van der Waals surface area (Å²) in [5.41, 5.74) is 1.39. The third-order valence-corrected chi connectivity index (χ3v) is 8.41. The molecule has 0 radical (unpaired) electrons. The maximum absolute atomic E-state index is 14.5. The smallest absolute Gasteiger partial charge is 0.172 e. The molecular formula is C30H41FO. The number of allylic oxidation sites excluding steroid dienone is 2. The molecule has 0 amide bonds. The largest absolute Gasteiger partial charge is 0.494 e. The van der Waals surface area contributed by atoms with Crippen LogP contribution in [0.25, 0.3) is 10.8 Å². The summed E-state index contributed by atoms with van der Waals surface area (Å²) in [7, 11) is 1.52. The highest BCUT2D eigenvalue weighted by Gasteiger charge is 2.25. The molecule has 2 heteroatoms. The first-order valence-corrected chi connectivity index (χ1v) is 13.0. The second-order valence-electron chi connectivity index (χ2n) is 10.4. The van der Waals surface area contributed by atoms with Crippen LogP contribution in [0, 0.1) is 23.6 Å². The molecule has 0 saturated heterocycles. The van der Waals surface area contributed by atoms with Crippen LogP contribution in [-0.2, 0) is 0 Å². The third kappa shape index (κ3) is 5.74. The summed E-state index contributed by atoms with van der Waals surface area (Å²) in [5, 5.41) is 1.66. The minimum Gasteiger partial charge on any atom is -0.494 e. The van der Waals surface area contributed by atoms with E-state index in [9.17, 15) is 4.39 Å². The predicted octanol–water partition coefficient (Wildman–Crippen LogP) is 9.20. The Morgan fingerprint density at radius 1 is 0.844 bits per heavy atom. The highest BCUT2D eigenvalue weighted by molar-refractivity contribution is 5.85. The van der Waals surface area contributed by atoms with E-state index in [1.165, 1.54) is 89.7 Å². The lowest BCUT2D eigenvalue weighted by molar-refractivity contribution is 0.225. The fourth-order valence-corrected chi connectivity index (χ4v) is 6.27. The second-order valence-corrected chi connectivity index (χ2v) is 10.4. The molecule has 2 aliphatic carbocycles. The summed E-state index contributed by atoms with van der Waals surface area (Å²) in [6, 6.07) is 10.0. The van der Waals surface area contributed by atoms with Gasteiger partial charge >= 0.3 is 0 Å². The standard InChI is InChI=1S/C30H41FO/c1-3-4-5-6-22-7-9-23(10-8-22)11-12-24-13-15-25(16-14-24)26-17-19-28-27(21-26)18-20-29(32-2)30(28)31/h3-4,17-25H,5-16H2,1-2H3/b4-3+. The molecule has 2 saturated carbocycles. The van der Waals surface area contributed by atoms with Gasteiger partial charge in [0.15, 0.2) is 11.6 Å². The molecule has 2 fully saturated rings. The topological polar surface area (TPSA) is 9.23 Å². The molecule has 0 unspecified atom stereocenters. The Kier molecular flexibility index (Phi) is 8.27. The van der Waals surface area contributed by atoms with Crippen molar-refractivity contribution in [1.82, 2.24) is 0 Å². The van der Waals surface area contributed by atoms with Gasteiger partial charge in [-0.05, 0) is 86.1 Å². The van der Waals surface area contributed by atoms with E-state index in [-0.39, 0.29) is 5.82 Å². The van der Waals surface area contributed by atoms with Crippen LogP contribution in [0.3, 0.4) is 0 Å². The summed E-state index contributed by atoms with van der Waals surface area (Å²) in [5.74, 6) is 3.60. The van der Waals surface area contributed by atoms with Gasteiger partial charge in [-0.1, -0.05) is 74.9 Å². The van der Waals surface area contributed by atoms with E-state index in [0.29, 0.717) is 17.1 Å². The van der Waals surface area contributed by atoms with Crippen LogP contribution in [-0.4, -0.2) is 7.11 Å². The molecule has 0 aromatic heterocycles. The average molecular weight is 437 g/mol. The van der Waals surface area contributed by atoms with Crippen molar-refractivity contribution in [3.8, 4) is 5.75 Å². The first-order chi connectivity index (χ1) is 15.7. The fourth-order valence-electron chi connectivity index (χ4n) is 6.27. The number of hydrogen-bond acceptors (Lipinski definition) is 1. The van der Waals surface area contributed by atoms with E-state index < -0.39 is 0 Å². The van der Waals surface area contributed by atoms with Crippen molar-refractivity contribution < 1.29 is 9.13 Å². The Hall–Kier alpha value is -1.83. The number of hydrogen-bond donors (Lipinski definition) is 0. The van der Waals surface area contributed by atoms with Crippen LogP contribution in [0.1, 0.15) is 95.5 Å². The molecule has 0 bridgehead atoms. The Morgan fingerprint density at radius 2 is 1.47 bits per heavy atom. The molecule has 2 aliphatic rings. The van der Waals surface area contributed by atoms with Crippen molar-refractivity contribution in [2.24, 2.45) is 17.8 Å². The van der Waals surface area contributed by atoms with Crippen LogP contribution in [0.4, 0.5) is 4.39 Å². The zero-order chi connectivity index (χ0) is 22.3. The number of halogens is 1. The fraction of sp³-hybridized carbons (Fsp3) is 0.600. The Labute approximate surface area is 194 Å². The molecule has 2 aromatic rings. The molecule has 174 valence electrons. The van der Waals surface area contributed by atoms with Crippen LogP contribution < -0.4 is 4.74 Å². The van der Waals surface area contributed by atoms with Gasteiger partial charge in [-0.15, -0.1) is 0 Å². The minimum absolute atomic E-state index is 0.243. The quantitative estimate of drug-likeness (QED) is 0.375. The van der Waals surface area contributed by atoms with Gasteiger partial charge in [-0.25, -0.2) is 4.39 Å². The highest BCUT2D eigenvalue weighted by Crippen LogP contribution is 2.41. The maximum Gasteiger partial charge on any atom is 0.172 e.